The van der Waals surface area contributed by atoms with E-state index in [1.807, 2.05) is 0 Å². The molecule has 0 unspecified atom stereocenters. The van der Waals surface area contributed by atoms with E-state index in [2.05, 4.69) is 5.32 Å². The summed E-state index contributed by atoms with van der Waals surface area (Å²) in [5.74, 6) is 2.09. The van der Waals surface area contributed by atoms with Gasteiger partial charge in [0.25, 0.3) is 0 Å². The fourth-order valence-electron chi connectivity index (χ4n) is 2.45. The first-order valence-electron chi connectivity index (χ1n) is 4.67. The van der Waals surface area contributed by atoms with Crippen molar-refractivity contribution in [3.05, 3.63) is 0 Å². The third kappa shape index (κ3) is 1.20. The van der Waals surface area contributed by atoms with Crippen molar-refractivity contribution in [2.45, 2.75) is 32.1 Å². The molecule has 0 amide bonds. The van der Waals surface area contributed by atoms with E-state index in [1.165, 1.54) is 45.2 Å². The average molecular weight is 139 g/mol. The quantitative estimate of drug-likeness (QED) is 0.539. The van der Waals surface area contributed by atoms with Crippen LogP contribution in [0, 0.1) is 11.8 Å². The van der Waals surface area contributed by atoms with E-state index < -0.39 is 0 Å². The summed E-state index contributed by atoms with van der Waals surface area (Å²) in [5, 5.41) is 3.49. The molecule has 1 aliphatic heterocycles. The van der Waals surface area contributed by atoms with E-state index in [9.17, 15) is 0 Å². The van der Waals surface area contributed by atoms with E-state index in [1.54, 1.807) is 0 Å². The summed E-state index contributed by atoms with van der Waals surface area (Å²) < 4.78 is 0. The second-order valence-corrected chi connectivity index (χ2v) is 3.82. The monoisotopic (exact) mass is 139 g/mol. The number of nitrogens with one attached hydrogen (secondary N) is 1. The van der Waals surface area contributed by atoms with Crippen LogP contribution in [-0.4, -0.2) is 13.1 Å². The molecule has 1 heteroatoms. The maximum atomic E-state index is 3.49. The molecule has 2 aliphatic rings. The second kappa shape index (κ2) is 2.91. The smallest absolute Gasteiger partial charge is 0.00173 e. The zero-order chi connectivity index (χ0) is 6.81. The second-order valence-electron chi connectivity index (χ2n) is 3.82. The van der Waals surface area contributed by atoms with E-state index >= 15 is 0 Å². The van der Waals surface area contributed by atoms with Crippen LogP contribution >= 0.6 is 0 Å². The van der Waals surface area contributed by atoms with Gasteiger partial charge in [-0.05, 0) is 37.8 Å². The Bertz CT molecular complexity index is 99.3. The highest BCUT2D eigenvalue weighted by atomic mass is 14.9. The molecule has 10 heavy (non-hydrogen) atoms. The van der Waals surface area contributed by atoms with Gasteiger partial charge in [0.1, 0.15) is 0 Å². The Balaban J connectivity index is 1.95. The lowest BCUT2D eigenvalue weighted by Gasteiger charge is -2.12. The number of fused-ring (bicyclic) bond motifs is 1. The molecule has 1 heterocycles. The van der Waals surface area contributed by atoms with Gasteiger partial charge in [0.2, 0.25) is 0 Å². The van der Waals surface area contributed by atoms with Crippen LogP contribution in [0.15, 0.2) is 0 Å². The zero-order valence-corrected chi connectivity index (χ0v) is 6.60. The van der Waals surface area contributed by atoms with Crippen molar-refractivity contribution >= 4 is 0 Å². The molecule has 1 nitrogen and oxygen atoms in total. The van der Waals surface area contributed by atoms with Gasteiger partial charge in [0.15, 0.2) is 0 Å². The summed E-state index contributed by atoms with van der Waals surface area (Å²) in [6.45, 7) is 2.62. The summed E-state index contributed by atoms with van der Waals surface area (Å²) in [5.41, 5.74) is 0. The Hall–Kier alpha value is -0.0400. The molecule has 1 saturated heterocycles. The van der Waals surface area contributed by atoms with Crippen LogP contribution in [0.4, 0.5) is 0 Å². The van der Waals surface area contributed by atoms with Crippen molar-refractivity contribution in [1.82, 2.24) is 5.32 Å². The molecule has 58 valence electrons. The van der Waals surface area contributed by atoms with E-state index in [0.717, 1.165) is 11.8 Å². The highest BCUT2D eigenvalue weighted by Crippen LogP contribution is 2.30. The van der Waals surface area contributed by atoms with Crippen LogP contribution < -0.4 is 5.32 Å². The zero-order valence-electron chi connectivity index (χ0n) is 6.60. The predicted octanol–water partition coefficient (Wildman–Crippen LogP) is 1.79. The maximum absolute atomic E-state index is 3.49. The number of rotatable bonds is 0. The van der Waals surface area contributed by atoms with E-state index in [0.29, 0.717) is 0 Å². The Morgan fingerprint density at radius 1 is 0.800 bits per heavy atom. The molecular formula is C9H17N. The van der Waals surface area contributed by atoms with Gasteiger partial charge in [-0.3, -0.25) is 0 Å². The normalized spacial score (nSPS) is 40.8. The Kier molecular flexibility index (Phi) is 1.94. The lowest BCUT2D eigenvalue weighted by molar-refractivity contribution is 0.397. The molecule has 1 N–H and O–H groups in total. The third-order valence-corrected chi connectivity index (χ3v) is 3.13. The molecule has 0 aromatic rings. The lowest BCUT2D eigenvalue weighted by Crippen LogP contribution is -2.09. The minimum absolute atomic E-state index is 1.04. The van der Waals surface area contributed by atoms with Crippen molar-refractivity contribution in [3.63, 3.8) is 0 Å². The standard InChI is InChI=1S/C9H17N/c1-2-4-8-6-10-7-9(8)5-3-1/h8-10H,1-7H2/t8-,9+. The Labute approximate surface area is 63.2 Å². The van der Waals surface area contributed by atoms with Crippen LogP contribution in [0.1, 0.15) is 32.1 Å². The Morgan fingerprint density at radius 3 is 2.00 bits per heavy atom. The maximum Gasteiger partial charge on any atom is -0.00173 e. The first-order chi connectivity index (χ1) is 4.97. The van der Waals surface area contributed by atoms with Crippen molar-refractivity contribution in [2.75, 3.05) is 13.1 Å². The van der Waals surface area contributed by atoms with Gasteiger partial charge in [-0.2, -0.15) is 0 Å². The molecule has 1 aliphatic carbocycles. The summed E-state index contributed by atoms with van der Waals surface area (Å²) in [4.78, 5) is 0. The first-order valence-corrected chi connectivity index (χ1v) is 4.67. The minimum atomic E-state index is 1.04. The van der Waals surface area contributed by atoms with Crippen LogP contribution in [0.25, 0.3) is 0 Å². The molecule has 0 aromatic heterocycles. The lowest BCUT2D eigenvalue weighted by atomic mass is 9.92. The van der Waals surface area contributed by atoms with E-state index in [4.69, 9.17) is 0 Å². The van der Waals surface area contributed by atoms with Gasteiger partial charge < -0.3 is 5.32 Å². The highest BCUT2D eigenvalue weighted by molar-refractivity contribution is 4.82. The first kappa shape index (κ1) is 6.66. The van der Waals surface area contributed by atoms with Crippen LogP contribution in [-0.2, 0) is 0 Å². The fourth-order valence-corrected chi connectivity index (χ4v) is 2.45. The molecule has 2 atom stereocenters. The van der Waals surface area contributed by atoms with Gasteiger partial charge in [-0.25, -0.2) is 0 Å². The molecule has 1 saturated carbocycles. The predicted molar refractivity (Wildman–Crippen MR) is 42.9 cm³/mol. The summed E-state index contributed by atoms with van der Waals surface area (Å²) in [6.07, 6.45) is 7.47. The summed E-state index contributed by atoms with van der Waals surface area (Å²) in [6, 6.07) is 0. The molecule has 2 fully saturated rings. The molecule has 0 spiro atoms. The van der Waals surface area contributed by atoms with Gasteiger partial charge >= 0.3 is 0 Å². The molecular weight excluding hydrogens is 122 g/mol. The van der Waals surface area contributed by atoms with Crippen LogP contribution in [0.2, 0.25) is 0 Å². The van der Waals surface area contributed by atoms with Crippen molar-refractivity contribution in [3.8, 4) is 0 Å². The SMILES string of the molecule is C1CC[C@@H]2CNC[C@@H]2CC1. The fraction of sp³-hybridized carbons (Fsp3) is 1.00. The Morgan fingerprint density at radius 2 is 1.40 bits per heavy atom. The highest BCUT2D eigenvalue weighted by Gasteiger charge is 2.27. The summed E-state index contributed by atoms with van der Waals surface area (Å²) in [7, 11) is 0. The van der Waals surface area contributed by atoms with Gasteiger partial charge in [-0.1, -0.05) is 19.3 Å². The molecule has 0 radical (unpaired) electrons. The van der Waals surface area contributed by atoms with E-state index in [-0.39, 0.29) is 0 Å². The van der Waals surface area contributed by atoms with Gasteiger partial charge in [0, 0.05) is 0 Å². The van der Waals surface area contributed by atoms with Gasteiger partial charge in [-0.15, -0.1) is 0 Å². The number of hydrogen-bond acceptors (Lipinski definition) is 1. The van der Waals surface area contributed by atoms with Crippen LogP contribution in [0.3, 0.4) is 0 Å². The van der Waals surface area contributed by atoms with Crippen LogP contribution in [0.5, 0.6) is 0 Å². The molecule has 0 bridgehead atoms. The molecule has 2 rings (SSSR count). The average Bonchev–Trinajstić information content (AvgIpc) is 2.28. The number of hydrogen-bond donors (Lipinski definition) is 1. The van der Waals surface area contributed by atoms with Crippen molar-refractivity contribution in [2.24, 2.45) is 11.8 Å². The topological polar surface area (TPSA) is 12.0 Å². The molecule has 0 aromatic carbocycles. The largest absolute Gasteiger partial charge is 0.316 e. The van der Waals surface area contributed by atoms with Gasteiger partial charge in [0.05, 0.1) is 0 Å². The van der Waals surface area contributed by atoms with Crippen molar-refractivity contribution in [1.29, 1.82) is 0 Å². The van der Waals surface area contributed by atoms with Crippen molar-refractivity contribution < 1.29 is 0 Å². The minimum Gasteiger partial charge on any atom is -0.316 e. The third-order valence-electron chi connectivity index (χ3n) is 3.13. The summed E-state index contributed by atoms with van der Waals surface area (Å²) >= 11 is 0.